The summed E-state index contributed by atoms with van der Waals surface area (Å²) >= 11 is 12.2. The Morgan fingerprint density at radius 1 is 1.27 bits per heavy atom. The van der Waals surface area contributed by atoms with Gasteiger partial charge in [0, 0.05) is 23.1 Å². The second-order valence-electron chi connectivity index (χ2n) is 5.48. The first-order valence-electron chi connectivity index (χ1n) is 7.20. The van der Waals surface area contributed by atoms with E-state index in [0.717, 1.165) is 29.8 Å². The SMILES string of the molecule is NC(=O)NCC(=O)N1CCC(Cc2cc(Cl)ccc2Cl)CC1. The number of carbonyl (C=O) groups is 2. The Labute approximate surface area is 139 Å². The van der Waals surface area contributed by atoms with Crippen LogP contribution in [0.5, 0.6) is 0 Å². The lowest BCUT2D eigenvalue weighted by molar-refractivity contribution is -0.131. The van der Waals surface area contributed by atoms with Crippen molar-refractivity contribution in [1.82, 2.24) is 10.2 Å². The molecule has 1 aromatic carbocycles. The Hall–Kier alpha value is -1.46. The van der Waals surface area contributed by atoms with Gasteiger partial charge in [-0.15, -0.1) is 0 Å². The molecule has 3 N–H and O–H groups in total. The Balaban J connectivity index is 1.83. The molecule has 1 saturated heterocycles. The van der Waals surface area contributed by atoms with Crippen molar-refractivity contribution in [3.05, 3.63) is 33.8 Å². The average molecular weight is 344 g/mol. The minimum atomic E-state index is -0.682. The van der Waals surface area contributed by atoms with Crippen LogP contribution in [0.1, 0.15) is 18.4 Å². The van der Waals surface area contributed by atoms with Crippen LogP contribution in [-0.2, 0) is 11.2 Å². The van der Waals surface area contributed by atoms with E-state index in [1.54, 1.807) is 11.0 Å². The van der Waals surface area contributed by atoms with E-state index in [9.17, 15) is 9.59 Å². The molecule has 22 heavy (non-hydrogen) atoms. The molecule has 3 amide bonds. The summed E-state index contributed by atoms with van der Waals surface area (Å²) in [6.45, 7) is 1.32. The van der Waals surface area contributed by atoms with Crippen LogP contribution in [0, 0.1) is 5.92 Å². The normalized spacial score (nSPS) is 15.6. The van der Waals surface area contributed by atoms with Gasteiger partial charge in [-0.25, -0.2) is 4.79 Å². The molecular weight excluding hydrogens is 325 g/mol. The van der Waals surface area contributed by atoms with Crippen LogP contribution in [0.2, 0.25) is 10.0 Å². The van der Waals surface area contributed by atoms with E-state index in [1.165, 1.54) is 0 Å². The zero-order valence-corrected chi connectivity index (χ0v) is 13.7. The number of hydrogen-bond acceptors (Lipinski definition) is 2. The second-order valence-corrected chi connectivity index (χ2v) is 6.33. The second kappa shape index (κ2) is 7.70. The van der Waals surface area contributed by atoms with Gasteiger partial charge < -0.3 is 16.0 Å². The molecule has 0 radical (unpaired) electrons. The van der Waals surface area contributed by atoms with Crippen LogP contribution in [0.15, 0.2) is 18.2 Å². The van der Waals surface area contributed by atoms with Crippen molar-refractivity contribution in [2.45, 2.75) is 19.3 Å². The molecule has 0 spiro atoms. The Bertz CT molecular complexity index is 558. The summed E-state index contributed by atoms with van der Waals surface area (Å²) in [7, 11) is 0. The zero-order valence-electron chi connectivity index (χ0n) is 12.1. The number of piperidine rings is 1. The summed E-state index contributed by atoms with van der Waals surface area (Å²) in [4.78, 5) is 24.3. The van der Waals surface area contributed by atoms with Gasteiger partial charge in [0.2, 0.25) is 5.91 Å². The van der Waals surface area contributed by atoms with E-state index in [4.69, 9.17) is 28.9 Å². The third-order valence-corrected chi connectivity index (χ3v) is 4.50. The lowest BCUT2D eigenvalue weighted by Gasteiger charge is -2.32. The predicted octanol–water partition coefficient (Wildman–Crippen LogP) is 2.44. The summed E-state index contributed by atoms with van der Waals surface area (Å²) in [6, 6.07) is 4.81. The van der Waals surface area contributed by atoms with Gasteiger partial charge >= 0.3 is 6.03 Å². The maximum Gasteiger partial charge on any atom is 0.312 e. The molecule has 1 aliphatic rings. The van der Waals surface area contributed by atoms with Crippen LogP contribution in [0.4, 0.5) is 4.79 Å². The first-order chi connectivity index (χ1) is 10.5. The van der Waals surface area contributed by atoms with Crippen molar-refractivity contribution >= 4 is 35.1 Å². The lowest BCUT2D eigenvalue weighted by Crippen LogP contribution is -2.45. The third kappa shape index (κ3) is 4.78. The monoisotopic (exact) mass is 343 g/mol. The maximum absolute atomic E-state index is 11.9. The summed E-state index contributed by atoms with van der Waals surface area (Å²) in [6.07, 6.45) is 2.68. The third-order valence-electron chi connectivity index (χ3n) is 3.90. The number of hydrogen-bond donors (Lipinski definition) is 2. The number of nitrogens with one attached hydrogen (secondary N) is 1. The minimum absolute atomic E-state index is 0.0415. The van der Waals surface area contributed by atoms with E-state index in [-0.39, 0.29) is 12.5 Å². The van der Waals surface area contributed by atoms with Crippen molar-refractivity contribution in [1.29, 1.82) is 0 Å². The molecular formula is C15H19Cl2N3O2. The maximum atomic E-state index is 11.9. The van der Waals surface area contributed by atoms with Crippen molar-refractivity contribution in [3.8, 4) is 0 Å². The fourth-order valence-electron chi connectivity index (χ4n) is 2.67. The predicted molar refractivity (Wildman–Crippen MR) is 87.1 cm³/mol. The van der Waals surface area contributed by atoms with Crippen LogP contribution >= 0.6 is 23.2 Å². The molecule has 0 atom stereocenters. The molecule has 1 aromatic rings. The van der Waals surface area contributed by atoms with Crippen LogP contribution in [0.3, 0.4) is 0 Å². The number of nitrogens with zero attached hydrogens (tertiary/aromatic N) is 1. The van der Waals surface area contributed by atoms with Gasteiger partial charge in [0.15, 0.2) is 0 Å². The van der Waals surface area contributed by atoms with Gasteiger partial charge in [0.1, 0.15) is 0 Å². The van der Waals surface area contributed by atoms with Crippen molar-refractivity contribution < 1.29 is 9.59 Å². The number of likely N-dealkylation sites (tertiary alicyclic amines) is 1. The molecule has 0 aliphatic carbocycles. The van der Waals surface area contributed by atoms with Crippen molar-refractivity contribution in [2.24, 2.45) is 11.7 Å². The van der Waals surface area contributed by atoms with Gasteiger partial charge in [0.25, 0.3) is 0 Å². The molecule has 120 valence electrons. The van der Waals surface area contributed by atoms with E-state index >= 15 is 0 Å². The lowest BCUT2D eigenvalue weighted by atomic mass is 9.90. The topological polar surface area (TPSA) is 75.4 Å². The number of carbonyl (C=O) groups excluding carboxylic acids is 2. The molecule has 2 rings (SSSR count). The van der Waals surface area contributed by atoms with E-state index in [1.807, 2.05) is 12.1 Å². The molecule has 0 aromatic heterocycles. The highest BCUT2D eigenvalue weighted by molar-refractivity contribution is 6.33. The van der Waals surface area contributed by atoms with Gasteiger partial charge in [-0.05, 0) is 48.9 Å². The largest absolute Gasteiger partial charge is 0.352 e. The molecule has 1 aliphatic heterocycles. The average Bonchev–Trinajstić information content (AvgIpc) is 2.49. The molecule has 0 bridgehead atoms. The van der Waals surface area contributed by atoms with Gasteiger partial charge in [-0.1, -0.05) is 23.2 Å². The summed E-state index contributed by atoms with van der Waals surface area (Å²) in [5.41, 5.74) is 6.01. The minimum Gasteiger partial charge on any atom is -0.352 e. The number of nitrogens with two attached hydrogens (primary N) is 1. The molecule has 0 unspecified atom stereocenters. The Morgan fingerprint density at radius 2 is 1.95 bits per heavy atom. The van der Waals surface area contributed by atoms with Crippen LogP contribution in [0.25, 0.3) is 0 Å². The molecule has 0 saturated carbocycles. The Morgan fingerprint density at radius 3 is 2.59 bits per heavy atom. The first kappa shape index (κ1) is 16.9. The van der Waals surface area contributed by atoms with Crippen LogP contribution in [-0.4, -0.2) is 36.5 Å². The van der Waals surface area contributed by atoms with Gasteiger partial charge in [-0.3, -0.25) is 4.79 Å². The fourth-order valence-corrected chi connectivity index (χ4v) is 3.06. The first-order valence-corrected chi connectivity index (χ1v) is 7.96. The Kier molecular flexibility index (Phi) is 5.91. The zero-order chi connectivity index (χ0) is 16.1. The number of urea groups is 1. The van der Waals surface area contributed by atoms with Crippen LogP contribution < -0.4 is 11.1 Å². The van der Waals surface area contributed by atoms with Crippen molar-refractivity contribution in [3.63, 3.8) is 0 Å². The standard InChI is InChI=1S/C15H19Cl2N3O2/c16-12-1-2-13(17)11(8-12)7-10-3-5-20(6-4-10)14(21)9-19-15(18)22/h1-2,8,10H,3-7,9H2,(H3,18,19,22). The number of rotatable bonds is 4. The number of halogens is 2. The number of primary amides is 1. The highest BCUT2D eigenvalue weighted by Crippen LogP contribution is 2.27. The van der Waals surface area contributed by atoms with Crippen molar-refractivity contribution in [2.75, 3.05) is 19.6 Å². The summed E-state index contributed by atoms with van der Waals surface area (Å²) < 4.78 is 0. The molecule has 1 fully saturated rings. The smallest absolute Gasteiger partial charge is 0.312 e. The molecule has 1 heterocycles. The number of benzene rings is 1. The van der Waals surface area contributed by atoms with E-state index in [0.29, 0.717) is 24.0 Å². The van der Waals surface area contributed by atoms with Gasteiger partial charge in [0.05, 0.1) is 6.54 Å². The quantitative estimate of drug-likeness (QED) is 0.880. The fraction of sp³-hybridized carbons (Fsp3) is 0.467. The highest BCUT2D eigenvalue weighted by Gasteiger charge is 2.23. The van der Waals surface area contributed by atoms with E-state index < -0.39 is 6.03 Å². The molecule has 5 nitrogen and oxygen atoms in total. The molecule has 7 heteroatoms. The van der Waals surface area contributed by atoms with E-state index in [2.05, 4.69) is 5.32 Å². The number of amides is 3. The highest BCUT2D eigenvalue weighted by atomic mass is 35.5. The van der Waals surface area contributed by atoms with Gasteiger partial charge in [-0.2, -0.15) is 0 Å². The summed E-state index contributed by atoms with van der Waals surface area (Å²) in [5.74, 6) is 0.377. The summed E-state index contributed by atoms with van der Waals surface area (Å²) in [5, 5.41) is 3.74.